The number of halogens is 1. The van der Waals surface area contributed by atoms with E-state index in [1.807, 2.05) is 0 Å². The van der Waals surface area contributed by atoms with Crippen LogP contribution >= 0.6 is 0 Å². The summed E-state index contributed by atoms with van der Waals surface area (Å²) in [5.41, 5.74) is 13.4. The summed E-state index contributed by atoms with van der Waals surface area (Å²) >= 11 is 0. The third-order valence-electron chi connectivity index (χ3n) is 4.57. The van der Waals surface area contributed by atoms with Crippen LogP contribution in [0.3, 0.4) is 0 Å². The van der Waals surface area contributed by atoms with E-state index in [1.165, 1.54) is 31.5 Å². The number of nitrogens with two attached hydrogens (primary N) is 2. The number of nitrogens with zero attached hydrogens (tertiary/aromatic N) is 1. The first-order valence-electron chi connectivity index (χ1n) is 9.39. The molecule has 0 aromatic heterocycles. The highest BCUT2D eigenvalue weighted by Crippen LogP contribution is 2.34. The van der Waals surface area contributed by atoms with Crippen molar-refractivity contribution in [3.05, 3.63) is 59.7 Å². The highest BCUT2D eigenvalue weighted by Gasteiger charge is 2.21. The van der Waals surface area contributed by atoms with Gasteiger partial charge in [0.2, 0.25) is 0 Å². The zero-order valence-electron chi connectivity index (χ0n) is 16.9. The maximum atomic E-state index is 14.8. The second-order valence-corrected chi connectivity index (χ2v) is 6.83. The van der Waals surface area contributed by atoms with Gasteiger partial charge in [0.05, 0.1) is 7.11 Å². The summed E-state index contributed by atoms with van der Waals surface area (Å²) < 4.78 is 20.3. The van der Waals surface area contributed by atoms with E-state index in [4.69, 9.17) is 21.6 Å². The number of allylic oxidation sites excluding steroid dienone is 1. The van der Waals surface area contributed by atoms with E-state index < -0.39 is 0 Å². The number of rotatable bonds is 6. The smallest absolute Gasteiger partial charge is 0.130 e. The van der Waals surface area contributed by atoms with Gasteiger partial charge in [-0.25, -0.2) is 9.38 Å². The lowest BCUT2D eigenvalue weighted by molar-refractivity contribution is 0.405. The molecule has 8 heteroatoms. The molecular formula is C21H29FN6O. The van der Waals surface area contributed by atoms with Crippen LogP contribution in [0.4, 0.5) is 4.39 Å². The topological polar surface area (TPSA) is 122 Å². The van der Waals surface area contributed by atoms with Crippen molar-refractivity contribution >= 4 is 17.4 Å². The standard InChI is InChI=1S/C21H29FN6O/c1-4-21(27-12-13(2)23)28-20(25)11-18(24)16-9-17(22)15(10-19(16)29-3)14-5-7-26-8-6-14/h4,9-12,14,26H,1,5-8,23-24H2,2-3H3,(H2,25,27,28)/b13-12-,18-11-. The Kier molecular flexibility index (Phi) is 7.97. The minimum atomic E-state index is -0.319. The minimum Gasteiger partial charge on any atom is -0.496 e. The largest absolute Gasteiger partial charge is 0.496 e. The molecule has 0 unspecified atom stereocenters. The predicted octanol–water partition coefficient (Wildman–Crippen LogP) is 2.57. The molecule has 7 nitrogen and oxygen atoms in total. The molecule has 156 valence electrons. The monoisotopic (exact) mass is 400 g/mol. The van der Waals surface area contributed by atoms with Crippen molar-refractivity contribution in [3.63, 3.8) is 0 Å². The van der Waals surface area contributed by atoms with Crippen molar-refractivity contribution in [3.8, 4) is 5.75 Å². The van der Waals surface area contributed by atoms with E-state index >= 15 is 0 Å². The second-order valence-electron chi connectivity index (χ2n) is 6.83. The van der Waals surface area contributed by atoms with Crippen LogP contribution in [0, 0.1) is 11.2 Å². The Balaban J connectivity index is 2.26. The van der Waals surface area contributed by atoms with Crippen LogP contribution in [0.1, 0.15) is 36.8 Å². The van der Waals surface area contributed by atoms with Gasteiger partial charge in [-0.2, -0.15) is 0 Å². The van der Waals surface area contributed by atoms with E-state index in [0.29, 0.717) is 28.4 Å². The fourth-order valence-electron chi connectivity index (χ4n) is 3.12. The lowest BCUT2D eigenvalue weighted by Crippen LogP contribution is -2.27. The Morgan fingerprint density at radius 1 is 1.38 bits per heavy atom. The normalized spacial score (nSPS) is 16.4. The summed E-state index contributed by atoms with van der Waals surface area (Å²) in [6.45, 7) is 7.06. The Bertz CT molecular complexity index is 849. The van der Waals surface area contributed by atoms with Crippen LogP contribution in [0.5, 0.6) is 5.75 Å². The van der Waals surface area contributed by atoms with Crippen molar-refractivity contribution in [2.75, 3.05) is 20.2 Å². The summed E-state index contributed by atoms with van der Waals surface area (Å²) in [4.78, 5) is 4.07. The maximum Gasteiger partial charge on any atom is 0.130 e. The molecule has 1 aromatic carbocycles. The van der Waals surface area contributed by atoms with Crippen LogP contribution < -0.4 is 26.8 Å². The number of aliphatic imine (C=N–C) groups is 1. The lowest BCUT2D eigenvalue weighted by Gasteiger charge is -2.24. The zero-order chi connectivity index (χ0) is 21.4. The molecule has 1 aromatic rings. The summed E-state index contributed by atoms with van der Waals surface area (Å²) in [5, 5.41) is 14.1. The molecule has 0 saturated carbocycles. The van der Waals surface area contributed by atoms with Crippen molar-refractivity contribution in [2.45, 2.75) is 25.7 Å². The number of ether oxygens (including phenoxy) is 1. The fourth-order valence-corrected chi connectivity index (χ4v) is 3.12. The summed E-state index contributed by atoms with van der Waals surface area (Å²) in [7, 11) is 1.52. The highest BCUT2D eigenvalue weighted by molar-refractivity contribution is 6.10. The molecular weight excluding hydrogens is 371 g/mol. The molecule has 1 aliphatic rings. The third kappa shape index (κ3) is 6.18. The van der Waals surface area contributed by atoms with Crippen molar-refractivity contribution in [1.29, 1.82) is 5.41 Å². The molecule has 29 heavy (non-hydrogen) atoms. The molecule has 0 aliphatic carbocycles. The summed E-state index contributed by atoms with van der Waals surface area (Å²) in [6.07, 6.45) is 6.02. The number of benzene rings is 1. The second kappa shape index (κ2) is 10.4. The first kappa shape index (κ1) is 22.2. The Morgan fingerprint density at radius 2 is 2.07 bits per heavy atom. The molecule has 1 heterocycles. The van der Waals surface area contributed by atoms with Crippen molar-refractivity contribution in [1.82, 2.24) is 10.6 Å². The molecule has 0 atom stereocenters. The van der Waals surface area contributed by atoms with E-state index in [2.05, 4.69) is 22.2 Å². The van der Waals surface area contributed by atoms with Crippen LogP contribution in [-0.2, 0) is 0 Å². The molecule has 1 saturated heterocycles. The van der Waals surface area contributed by atoms with E-state index in [0.717, 1.165) is 25.9 Å². The Morgan fingerprint density at radius 3 is 2.66 bits per heavy atom. The van der Waals surface area contributed by atoms with Crippen molar-refractivity contribution < 1.29 is 9.13 Å². The van der Waals surface area contributed by atoms with Gasteiger partial charge in [-0.15, -0.1) is 0 Å². The number of methoxy groups -OCH3 is 1. The van der Waals surface area contributed by atoms with Gasteiger partial charge >= 0.3 is 0 Å². The minimum absolute atomic E-state index is 0.0332. The van der Waals surface area contributed by atoms with Gasteiger partial charge in [0.1, 0.15) is 23.2 Å². The third-order valence-corrected chi connectivity index (χ3v) is 4.57. The van der Waals surface area contributed by atoms with Crippen LogP contribution in [0.15, 0.2) is 47.8 Å². The first-order valence-corrected chi connectivity index (χ1v) is 9.39. The van der Waals surface area contributed by atoms with Gasteiger partial charge < -0.3 is 26.8 Å². The summed E-state index contributed by atoms with van der Waals surface area (Å²) in [5.74, 6) is 0.605. The fraction of sp³-hybridized carbons (Fsp3) is 0.333. The molecule has 0 spiro atoms. The van der Waals surface area contributed by atoms with Crippen molar-refractivity contribution in [2.24, 2.45) is 16.5 Å². The van der Waals surface area contributed by atoms with Gasteiger partial charge in [0.25, 0.3) is 0 Å². The summed E-state index contributed by atoms with van der Waals surface area (Å²) in [6, 6.07) is 3.09. The van der Waals surface area contributed by atoms with Gasteiger partial charge in [-0.05, 0) is 62.5 Å². The van der Waals surface area contributed by atoms with Gasteiger partial charge in [0.15, 0.2) is 0 Å². The highest BCUT2D eigenvalue weighted by atomic mass is 19.1. The molecule has 0 bridgehead atoms. The maximum absolute atomic E-state index is 14.8. The van der Waals surface area contributed by atoms with Gasteiger partial charge in [-0.1, -0.05) is 6.58 Å². The SMILES string of the molecule is C=C/C(=N\C=C(\C)N)NC(=N)/C=C(\N)c1cc(F)c(C2CCNCC2)cc1OC. The number of hydrogen-bond donors (Lipinski definition) is 5. The molecule has 1 aliphatic heterocycles. The Labute approximate surface area is 170 Å². The molecule has 7 N–H and O–H groups in total. The zero-order valence-corrected chi connectivity index (χ0v) is 16.9. The number of piperidine rings is 1. The van der Waals surface area contributed by atoms with E-state index in [9.17, 15) is 4.39 Å². The van der Waals surface area contributed by atoms with E-state index in [1.54, 1.807) is 13.0 Å². The average Bonchev–Trinajstić information content (AvgIpc) is 2.71. The quantitative estimate of drug-likeness (QED) is 0.371. The number of nitrogens with one attached hydrogen (secondary N) is 3. The predicted molar refractivity (Wildman–Crippen MR) is 116 cm³/mol. The molecule has 0 radical (unpaired) electrons. The lowest BCUT2D eigenvalue weighted by atomic mass is 9.88. The number of hydrogen-bond acceptors (Lipinski definition) is 6. The Hall–Kier alpha value is -3.13. The van der Waals surface area contributed by atoms with E-state index in [-0.39, 0.29) is 23.3 Å². The van der Waals surface area contributed by atoms with Gasteiger partial charge in [-0.3, -0.25) is 5.41 Å². The average molecular weight is 401 g/mol. The molecule has 0 amide bonds. The van der Waals surface area contributed by atoms with Crippen LogP contribution in [-0.4, -0.2) is 31.9 Å². The van der Waals surface area contributed by atoms with Crippen LogP contribution in [0.2, 0.25) is 0 Å². The van der Waals surface area contributed by atoms with Crippen LogP contribution in [0.25, 0.3) is 5.70 Å². The van der Waals surface area contributed by atoms with Gasteiger partial charge in [0, 0.05) is 29.2 Å². The molecule has 1 fully saturated rings. The number of amidine groups is 2. The molecule has 2 rings (SSSR count). The first-order chi connectivity index (χ1) is 13.8.